The van der Waals surface area contributed by atoms with Gasteiger partial charge in [-0.1, -0.05) is 0 Å². The van der Waals surface area contributed by atoms with Crippen LogP contribution in [-0.2, 0) is 9.59 Å². The molecule has 2 amide bonds. The second kappa shape index (κ2) is 6.96. The highest BCUT2D eigenvalue weighted by Gasteiger charge is 2.34. The van der Waals surface area contributed by atoms with Gasteiger partial charge in [-0.3, -0.25) is 9.59 Å². The van der Waals surface area contributed by atoms with Gasteiger partial charge in [0.05, 0.1) is 6.54 Å². The van der Waals surface area contributed by atoms with Crippen LogP contribution in [0.25, 0.3) is 0 Å². The molecule has 3 aliphatic rings. The molecule has 0 aromatic rings. The zero-order chi connectivity index (χ0) is 15.5. The summed E-state index contributed by atoms with van der Waals surface area (Å²) in [7, 11) is 2.12. The summed E-state index contributed by atoms with van der Waals surface area (Å²) < 4.78 is 0. The SMILES string of the molecule is CN1CCC(C(=O)N2CCCC(N3CCNCC3=O)C2)CC1. The van der Waals surface area contributed by atoms with Crippen molar-refractivity contribution in [3.8, 4) is 0 Å². The number of hydrogen-bond donors (Lipinski definition) is 1. The molecule has 1 unspecified atom stereocenters. The summed E-state index contributed by atoms with van der Waals surface area (Å²) in [6.07, 6.45) is 4.00. The number of piperidine rings is 2. The second-order valence-electron chi connectivity index (χ2n) is 6.92. The molecule has 3 heterocycles. The van der Waals surface area contributed by atoms with Gasteiger partial charge in [0.2, 0.25) is 11.8 Å². The van der Waals surface area contributed by atoms with Gasteiger partial charge in [-0.05, 0) is 45.8 Å². The van der Waals surface area contributed by atoms with Crippen molar-refractivity contribution in [1.29, 1.82) is 0 Å². The van der Waals surface area contributed by atoms with Crippen molar-refractivity contribution in [3.05, 3.63) is 0 Å². The zero-order valence-electron chi connectivity index (χ0n) is 13.6. The molecule has 3 fully saturated rings. The van der Waals surface area contributed by atoms with E-state index in [1.807, 2.05) is 9.80 Å². The molecule has 3 rings (SSSR count). The van der Waals surface area contributed by atoms with E-state index in [-0.39, 0.29) is 17.9 Å². The first kappa shape index (κ1) is 15.7. The lowest BCUT2D eigenvalue weighted by Crippen LogP contribution is -2.58. The van der Waals surface area contributed by atoms with Crippen LogP contribution in [0.3, 0.4) is 0 Å². The number of nitrogens with zero attached hydrogens (tertiary/aromatic N) is 3. The van der Waals surface area contributed by atoms with Gasteiger partial charge in [-0.25, -0.2) is 0 Å². The minimum absolute atomic E-state index is 0.185. The average molecular weight is 308 g/mol. The fraction of sp³-hybridized carbons (Fsp3) is 0.875. The lowest BCUT2D eigenvalue weighted by molar-refractivity contribution is -0.143. The van der Waals surface area contributed by atoms with E-state index < -0.39 is 0 Å². The van der Waals surface area contributed by atoms with Gasteiger partial charge >= 0.3 is 0 Å². The summed E-state index contributed by atoms with van der Waals surface area (Å²) >= 11 is 0. The van der Waals surface area contributed by atoms with Crippen molar-refractivity contribution in [2.45, 2.75) is 31.7 Å². The first-order valence-corrected chi connectivity index (χ1v) is 8.62. The smallest absolute Gasteiger partial charge is 0.236 e. The van der Waals surface area contributed by atoms with Crippen LogP contribution in [0.4, 0.5) is 0 Å². The lowest BCUT2D eigenvalue weighted by atomic mass is 9.93. The molecule has 0 saturated carbocycles. The maximum absolute atomic E-state index is 12.8. The van der Waals surface area contributed by atoms with E-state index in [1.165, 1.54) is 0 Å². The van der Waals surface area contributed by atoms with Crippen LogP contribution in [0, 0.1) is 5.92 Å². The Kier molecular flexibility index (Phi) is 4.98. The minimum atomic E-state index is 0.185. The number of piperazine rings is 1. The zero-order valence-corrected chi connectivity index (χ0v) is 13.6. The van der Waals surface area contributed by atoms with Gasteiger partial charge in [-0.15, -0.1) is 0 Å². The summed E-state index contributed by atoms with van der Waals surface area (Å²) in [4.78, 5) is 31.1. The minimum Gasteiger partial charge on any atom is -0.340 e. The third-order valence-electron chi connectivity index (χ3n) is 5.34. The van der Waals surface area contributed by atoms with Crippen molar-refractivity contribution in [2.75, 3.05) is 52.9 Å². The molecular formula is C16H28N4O2. The van der Waals surface area contributed by atoms with Crippen molar-refractivity contribution in [3.63, 3.8) is 0 Å². The molecule has 0 aromatic heterocycles. The molecule has 3 aliphatic heterocycles. The standard InChI is InChI=1S/C16H28N4O2/c1-18-8-4-13(5-9-18)16(22)19-7-2-3-14(12-19)20-10-6-17-11-15(20)21/h13-14,17H,2-12H2,1H3. The molecule has 0 spiro atoms. The van der Waals surface area contributed by atoms with E-state index in [2.05, 4.69) is 17.3 Å². The fourth-order valence-corrected chi connectivity index (χ4v) is 3.93. The Balaban J connectivity index is 1.58. The van der Waals surface area contributed by atoms with Crippen LogP contribution in [0.5, 0.6) is 0 Å². The van der Waals surface area contributed by atoms with Crippen LogP contribution >= 0.6 is 0 Å². The highest BCUT2D eigenvalue weighted by atomic mass is 16.2. The summed E-state index contributed by atoms with van der Waals surface area (Å²) in [6, 6.07) is 0.221. The molecule has 1 atom stereocenters. The number of amides is 2. The molecule has 6 heteroatoms. The molecule has 124 valence electrons. The van der Waals surface area contributed by atoms with Gasteiger partial charge in [0.25, 0.3) is 0 Å². The van der Waals surface area contributed by atoms with Gasteiger partial charge in [-0.2, -0.15) is 0 Å². The van der Waals surface area contributed by atoms with Gasteiger partial charge < -0.3 is 20.0 Å². The largest absolute Gasteiger partial charge is 0.340 e. The van der Waals surface area contributed by atoms with Crippen molar-refractivity contribution >= 4 is 11.8 Å². The Morgan fingerprint density at radius 2 is 1.91 bits per heavy atom. The van der Waals surface area contributed by atoms with Crippen molar-refractivity contribution < 1.29 is 9.59 Å². The first-order valence-electron chi connectivity index (χ1n) is 8.62. The number of nitrogens with one attached hydrogen (secondary N) is 1. The van der Waals surface area contributed by atoms with E-state index in [0.717, 1.165) is 65.0 Å². The molecule has 0 radical (unpaired) electrons. The van der Waals surface area contributed by atoms with Gasteiger partial charge in [0, 0.05) is 38.1 Å². The third kappa shape index (κ3) is 3.43. The summed E-state index contributed by atoms with van der Waals surface area (Å²) in [5, 5.41) is 3.12. The Labute approximate surface area is 132 Å². The van der Waals surface area contributed by atoms with E-state index in [9.17, 15) is 9.59 Å². The highest BCUT2D eigenvalue weighted by molar-refractivity contribution is 5.80. The molecule has 3 saturated heterocycles. The molecule has 0 bridgehead atoms. The topological polar surface area (TPSA) is 55.9 Å². The number of carbonyl (C=O) groups is 2. The fourth-order valence-electron chi connectivity index (χ4n) is 3.93. The first-order chi connectivity index (χ1) is 10.6. The number of carbonyl (C=O) groups excluding carboxylic acids is 2. The third-order valence-corrected chi connectivity index (χ3v) is 5.34. The number of rotatable bonds is 2. The van der Waals surface area contributed by atoms with Crippen LogP contribution in [0.2, 0.25) is 0 Å². The summed E-state index contributed by atoms with van der Waals surface area (Å²) in [5.41, 5.74) is 0. The monoisotopic (exact) mass is 308 g/mol. The highest BCUT2D eigenvalue weighted by Crippen LogP contribution is 2.23. The normalized spacial score (nSPS) is 29.0. The number of hydrogen-bond acceptors (Lipinski definition) is 4. The lowest BCUT2D eigenvalue weighted by Gasteiger charge is -2.42. The maximum atomic E-state index is 12.8. The van der Waals surface area contributed by atoms with Gasteiger partial charge in [0.15, 0.2) is 0 Å². The Hall–Kier alpha value is -1.14. The quantitative estimate of drug-likeness (QED) is 0.764. The maximum Gasteiger partial charge on any atom is 0.236 e. The van der Waals surface area contributed by atoms with E-state index in [0.29, 0.717) is 12.5 Å². The average Bonchev–Trinajstić information content (AvgIpc) is 2.55. The van der Waals surface area contributed by atoms with Crippen LogP contribution in [0.1, 0.15) is 25.7 Å². The number of likely N-dealkylation sites (tertiary alicyclic amines) is 2. The summed E-state index contributed by atoms with van der Waals surface area (Å²) in [5.74, 6) is 0.693. The van der Waals surface area contributed by atoms with Crippen LogP contribution < -0.4 is 5.32 Å². The van der Waals surface area contributed by atoms with E-state index in [4.69, 9.17) is 0 Å². The van der Waals surface area contributed by atoms with Crippen LogP contribution in [0.15, 0.2) is 0 Å². The van der Waals surface area contributed by atoms with Crippen LogP contribution in [-0.4, -0.2) is 85.4 Å². The Morgan fingerprint density at radius 1 is 1.14 bits per heavy atom. The van der Waals surface area contributed by atoms with Crippen molar-refractivity contribution in [2.24, 2.45) is 5.92 Å². The second-order valence-corrected chi connectivity index (χ2v) is 6.92. The summed E-state index contributed by atoms with van der Waals surface area (Å²) in [6.45, 7) is 5.72. The molecular weight excluding hydrogens is 280 g/mol. The molecule has 22 heavy (non-hydrogen) atoms. The molecule has 0 aliphatic carbocycles. The Bertz CT molecular complexity index is 420. The predicted octanol–water partition coefficient (Wildman–Crippen LogP) is -0.249. The molecule has 0 aromatic carbocycles. The Morgan fingerprint density at radius 3 is 2.64 bits per heavy atom. The van der Waals surface area contributed by atoms with E-state index >= 15 is 0 Å². The predicted molar refractivity (Wildman–Crippen MR) is 84.4 cm³/mol. The van der Waals surface area contributed by atoms with Gasteiger partial charge in [0.1, 0.15) is 0 Å². The molecule has 6 nitrogen and oxygen atoms in total. The molecule has 1 N–H and O–H groups in total. The van der Waals surface area contributed by atoms with E-state index in [1.54, 1.807) is 0 Å². The van der Waals surface area contributed by atoms with Crippen molar-refractivity contribution in [1.82, 2.24) is 20.0 Å².